The molecular weight excluding hydrogens is 276 g/mol. The van der Waals surface area contributed by atoms with Crippen LogP contribution in [-0.4, -0.2) is 17.7 Å². The van der Waals surface area contributed by atoms with E-state index < -0.39 is 5.97 Å². The molecule has 0 amide bonds. The third kappa shape index (κ3) is 2.78. The van der Waals surface area contributed by atoms with Gasteiger partial charge in [0.1, 0.15) is 5.75 Å². The molecule has 4 heteroatoms. The van der Waals surface area contributed by atoms with Crippen molar-refractivity contribution < 1.29 is 14.6 Å². The molecule has 0 heterocycles. The fraction of sp³-hybridized carbons (Fsp3) is 0.562. The van der Waals surface area contributed by atoms with Gasteiger partial charge >= 0.3 is 5.97 Å². The molecule has 0 aliphatic heterocycles. The van der Waals surface area contributed by atoms with E-state index >= 15 is 0 Å². The molecule has 0 atom stereocenters. The molecule has 20 heavy (non-hydrogen) atoms. The van der Waals surface area contributed by atoms with E-state index in [0.717, 1.165) is 24.0 Å². The van der Waals surface area contributed by atoms with Crippen LogP contribution in [0.25, 0.3) is 0 Å². The van der Waals surface area contributed by atoms with Gasteiger partial charge in [0, 0.05) is 11.0 Å². The molecule has 1 aromatic carbocycles. The number of carboxylic acid groups (broad SMARTS) is 1. The zero-order valence-corrected chi connectivity index (χ0v) is 12.4. The van der Waals surface area contributed by atoms with Crippen LogP contribution in [0, 0.1) is 12.8 Å². The van der Waals surface area contributed by atoms with E-state index in [1.165, 1.54) is 12.8 Å². The monoisotopic (exact) mass is 294 g/mol. The first kappa shape index (κ1) is 13.7. The average molecular weight is 295 g/mol. The van der Waals surface area contributed by atoms with Gasteiger partial charge in [-0.1, -0.05) is 17.7 Å². The number of aliphatic carboxylic acids is 1. The largest absolute Gasteiger partial charge is 0.491 e. The molecule has 108 valence electrons. The predicted octanol–water partition coefficient (Wildman–Crippen LogP) is 3.94. The lowest BCUT2D eigenvalue weighted by molar-refractivity contribution is -0.137. The molecule has 2 fully saturated rings. The van der Waals surface area contributed by atoms with Gasteiger partial charge in [-0.3, -0.25) is 4.79 Å². The highest BCUT2D eigenvalue weighted by molar-refractivity contribution is 6.32. The number of rotatable bonds is 6. The van der Waals surface area contributed by atoms with Gasteiger partial charge in [-0.25, -0.2) is 0 Å². The Kier molecular flexibility index (Phi) is 3.41. The summed E-state index contributed by atoms with van der Waals surface area (Å²) in [5.41, 5.74) is 1.78. The van der Waals surface area contributed by atoms with Crippen molar-refractivity contribution in [3.63, 3.8) is 0 Å². The smallest absolute Gasteiger partial charge is 0.304 e. The lowest BCUT2D eigenvalue weighted by atomic mass is 9.90. The molecule has 0 bridgehead atoms. The van der Waals surface area contributed by atoms with Crippen LogP contribution in [0.4, 0.5) is 0 Å². The van der Waals surface area contributed by atoms with E-state index in [2.05, 4.69) is 0 Å². The van der Waals surface area contributed by atoms with Gasteiger partial charge in [0.2, 0.25) is 0 Å². The molecular formula is C16H19ClO3. The second-order valence-corrected chi connectivity index (χ2v) is 6.64. The van der Waals surface area contributed by atoms with Crippen LogP contribution in [0.1, 0.15) is 43.2 Å². The summed E-state index contributed by atoms with van der Waals surface area (Å²) >= 11 is 6.34. The van der Waals surface area contributed by atoms with Gasteiger partial charge in [0.15, 0.2) is 0 Å². The fourth-order valence-electron chi connectivity index (χ4n) is 2.74. The first-order chi connectivity index (χ1) is 9.50. The van der Waals surface area contributed by atoms with Gasteiger partial charge in [0.25, 0.3) is 0 Å². The molecule has 1 aromatic rings. The van der Waals surface area contributed by atoms with Crippen molar-refractivity contribution in [2.24, 2.45) is 5.92 Å². The van der Waals surface area contributed by atoms with Crippen molar-refractivity contribution in [2.75, 3.05) is 6.61 Å². The van der Waals surface area contributed by atoms with Crippen LogP contribution >= 0.6 is 11.6 Å². The quantitative estimate of drug-likeness (QED) is 0.864. The molecule has 0 spiro atoms. The minimum absolute atomic E-state index is 0.159. The van der Waals surface area contributed by atoms with E-state index in [1.54, 1.807) is 0 Å². The molecule has 2 saturated carbocycles. The SMILES string of the molecule is Cc1cc(Cl)c(OCC2CC2)c(C2(CC(=O)O)CC2)c1. The summed E-state index contributed by atoms with van der Waals surface area (Å²) in [6, 6.07) is 3.94. The number of aryl methyl sites for hydroxylation is 1. The number of benzene rings is 1. The van der Waals surface area contributed by atoms with Gasteiger partial charge in [-0.2, -0.15) is 0 Å². The van der Waals surface area contributed by atoms with Crippen LogP contribution in [0.2, 0.25) is 5.02 Å². The van der Waals surface area contributed by atoms with Crippen LogP contribution in [0.3, 0.4) is 0 Å². The Bertz CT molecular complexity index is 545. The van der Waals surface area contributed by atoms with Crippen molar-refractivity contribution in [1.29, 1.82) is 0 Å². The summed E-state index contributed by atoms with van der Waals surface area (Å²) in [5, 5.41) is 9.74. The summed E-state index contributed by atoms with van der Waals surface area (Å²) in [7, 11) is 0. The number of carboxylic acids is 1. The summed E-state index contributed by atoms with van der Waals surface area (Å²) in [6.45, 7) is 2.68. The number of carbonyl (C=O) groups is 1. The number of halogens is 1. The number of hydrogen-bond acceptors (Lipinski definition) is 2. The Morgan fingerprint density at radius 1 is 1.45 bits per heavy atom. The molecule has 0 unspecified atom stereocenters. The molecule has 2 aliphatic rings. The fourth-order valence-corrected chi connectivity index (χ4v) is 3.07. The molecule has 0 saturated heterocycles. The summed E-state index contributed by atoms with van der Waals surface area (Å²) < 4.78 is 5.93. The van der Waals surface area contributed by atoms with Gasteiger partial charge in [-0.05, 0) is 50.2 Å². The third-order valence-electron chi connectivity index (χ3n) is 4.26. The summed E-state index contributed by atoms with van der Waals surface area (Å²) in [6.07, 6.45) is 4.41. The van der Waals surface area contributed by atoms with Crippen molar-refractivity contribution in [1.82, 2.24) is 0 Å². The lowest BCUT2D eigenvalue weighted by Crippen LogP contribution is -2.15. The lowest BCUT2D eigenvalue weighted by Gasteiger charge is -2.20. The van der Waals surface area contributed by atoms with Crippen LogP contribution < -0.4 is 4.74 Å². The predicted molar refractivity (Wildman–Crippen MR) is 77.6 cm³/mol. The first-order valence-corrected chi connectivity index (χ1v) is 7.53. The zero-order chi connectivity index (χ0) is 14.3. The van der Waals surface area contributed by atoms with Crippen molar-refractivity contribution in [3.8, 4) is 5.75 Å². The zero-order valence-electron chi connectivity index (χ0n) is 11.6. The second kappa shape index (κ2) is 4.96. The molecule has 1 N–H and O–H groups in total. The Labute approximate surface area is 123 Å². The van der Waals surface area contributed by atoms with Gasteiger partial charge < -0.3 is 9.84 Å². The van der Waals surface area contributed by atoms with Crippen molar-refractivity contribution in [2.45, 2.75) is 44.4 Å². The van der Waals surface area contributed by atoms with Crippen LogP contribution in [-0.2, 0) is 10.2 Å². The van der Waals surface area contributed by atoms with E-state index in [0.29, 0.717) is 23.3 Å². The van der Waals surface area contributed by atoms with Crippen LogP contribution in [0.15, 0.2) is 12.1 Å². The topological polar surface area (TPSA) is 46.5 Å². The second-order valence-electron chi connectivity index (χ2n) is 6.23. The van der Waals surface area contributed by atoms with Crippen molar-refractivity contribution in [3.05, 3.63) is 28.3 Å². The van der Waals surface area contributed by atoms with E-state index in [4.69, 9.17) is 21.4 Å². The van der Waals surface area contributed by atoms with Gasteiger partial charge in [0.05, 0.1) is 18.1 Å². The first-order valence-electron chi connectivity index (χ1n) is 7.15. The highest BCUT2D eigenvalue weighted by atomic mass is 35.5. The molecule has 0 aromatic heterocycles. The minimum Gasteiger partial charge on any atom is -0.491 e. The van der Waals surface area contributed by atoms with E-state index in [-0.39, 0.29) is 11.8 Å². The third-order valence-corrected chi connectivity index (χ3v) is 4.54. The summed E-state index contributed by atoms with van der Waals surface area (Å²) in [4.78, 5) is 11.1. The maximum Gasteiger partial charge on any atom is 0.304 e. The highest BCUT2D eigenvalue weighted by Gasteiger charge is 2.48. The Hall–Kier alpha value is -1.22. The Morgan fingerprint density at radius 3 is 2.70 bits per heavy atom. The van der Waals surface area contributed by atoms with Crippen LogP contribution in [0.5, 0.6) is 5.75 Å². The van der Waals surface area contributed by atoms with Crippen molar-refractivity contribution >= 4 is 17.6 Å². The minimum atomic E-state index is -0.756. The molecule has 0 radical (unpaired) electrons. The Balaban J connectivity index is 1.92. The molecule has 3 nitrogen and oxygen atoms in total. The van der Waals surface area contributed by atoms with E-state index in [9.17, 15) is 4.79 Å². The highest BCUT2D eigenvalue weighted by Crippen LogP contribution is 2.55. The number of ether oxygens (including phenoxy) is 1. The number of hydrogen-bond donors (Lipinski definition) is 1. The molecule has 2 aliphatic carbocycles. The average Bonchev–Trinajstić information content (AvgIpc) is 3.21. The normalized spacial score (nSPS) is 19.7. The molecule has 3 rings (SSSR count). The Morgan fingerprint density at radius 2 is 2.15 bits per heavy atom. The van der Waals surface area contributed by atoms with Gasteiger partial charge in [-0.15, -0.1) is 0 Å². The van der Waals surface area contributed by atoms with E-state index in [1.807, 2.05) is 19.1 Å². The maximum absolute atomic E-state index is 11.1. The standard InChI is InChI=1S/C16H19ClO3/c1-10-6-12(16(4-5-16)8-14(18)19)15(13(17)7-10)20-9-11-2-3-11/h6-7,11H,2-5,8-9H2,1H3,(H,18,19). The summed E-state index contributed by atoms with van der Waals surface area (Å²) in [5.74, 6) is 0.603. The maximum atomic E-state index is 11.1.